The third-order valence-corrected chi connectivity index (χ3v) is 9.64. The highest BCUT2D eigenvalue weighted by Crippen LogP contribution is 2.60. The minimum absolute atomic E-state index is 0.278. The van der Waals surface area contributed by atoms with Crippen LogP contribution in [-0.4, -0.2) is 12.2 Å². The van der Waals surface area contributed by atoms with Gasteiger partial charge in [0.25, 0.3) is 0 Å². The molecule has 5 rings (SSSR count). The van der Waals surface area contributed by atoms with Crippen LogP contribution in [0.1, 0.15) is 54.4 Å². The summed E-state index contributed by atoms with van der Waals surface area (Å²) in [6.07, 6.45) is 6.05. The Morgan fingerprint density at radius 3 is 2.78 bits per heavy atom. The molecular weight excluding hydrogens is 562 g/mol. The molecule has 3 aliphatic carbocycles. The molecule has 142 valence electrons. The van der Waals surface area contributed by atoms with Gasteiger partial charge in [0, 0.05) is 0 Å². The van der Waals surface area contributed by atoms with Crippen molar-refractivity contribution < 1.29 is 9.84 Å². The van der Waals surface area contributed by atoms with E-state index in [9.17, 15) is 5.11 Å². The van der Waals surface area contributed by atoms with Crippen LogP contribution in [0.2, 0.25) is 0 Å². The number of aromatic hydroxyl groups is 1. The van der Waals surface area contributed by atoms with Crippen molar-refractivity contribution in [2.24, 2.45) is 11.8 Å². The van der Waals surface area contributed by atoms with Crippen LogP contribution in [0.15, 0.2) is 24.3 Å². The molecule has 2 aromatic rings. The first-order valence-corrected chi connectivity index (χ1v) is 12.0. The van der Waals surface area contributed by atoms with Crippen LogP contribution in [0.3, 0.4) is 0 Å². The van der Waals surface area contributed by atoms with Gasteiger partial charge in [-0.25, -0.2) is 0 Å². The molecule has 0 aromatic heterocycles. The fraction of sp³-hybridized carbons (Fsp3) is 0.478. The minimum atomic E-state index is 0.278. The molecule has 1 saturated carbocycles. The van der Waals surface area contributed by atoms with Gasteiger partial charge in [-0.15, -0.1) is 0 Å². The van der Waals surface area contributed by atoms with Crippen LogP contribution < -0.4 is 4.74 Å². The summed E-state index contributed by atoms with van der Waals surface area (Å²) in [7, 11) is 1.77. The Kier molecular flexibility index (Phi) is 4.46. The maximum absolute atomic E-state index is 10.4. The van der Waals surface area contributed by atoms with Gasteiger partial charge in [0.05, 0.1) is 14.3 Å². The van der Waals surface area contributed by atoms with Gasteiger partial charge in [-0.3, -0.25) is 0 Å². The largest absolute Gasteiger partial charge is 0.506 e. The number of methoxy groups -OCH3 is 1. The standard InChI is InChI=1S/C23H24I2O2/c1-23-8-7-14-15(5-6-16-17(14)11-20(24)22(26)21(16)25)19(23)9-12-3-4-13(27-2)10-18(12)23/h3-4,10-11,14-15,19,26H,5-9H2,1-2H3/t14-,15+,19-,23+/m0/s1. The number of phenolic OH excluding ortho intramolecular Hbond substituents is 1. The van der Waals surface area contributed by atoms with E-state index in [-0.39, 0.29) is 5.41 Å². The molecule has 0 unspecified atom stereocenters. The zero-order chi connectivity index (χ0) is 18.9. The van der Waals surface area contributed by atoms with Crippen molar-refractivity contribution in [2.45, 2.75) is 50.4 Å². The monoisotopic (exact) mass is 586 g/mol. The second kappa shape index (κ2) is 6.51. The molecule has 0 spiro atoms. The molecule has 2 nitrogen and oxygen atoms in total. The van der Waals surface area contributed by atoms with E-state index in [0.29, 0.717) is 11.7 Å². The lowest BCUT2D eigenvalue weighted by Crippen LogP contribution is -2.43. The van der Waals surface area contributed by atoms with Gasteiger partial charge in [0.2, 0.25) is 0 Å². The van der Waals surface area contributed by atoms with Gasteiger partial charge in [-0.2, -0.15) is 0 Å². The Bertz CT molecular complexity index is 938. The van der Waals surface area contributed by atoms with Crippen LogP contribution in [0.5, 0.6) is 11.5 Å². The number of fused-ring (bicyclic) bond motifs is 7. The molecular formula is C23H24I2O2. The number of phenols is 1. The summed E-state index contributed by atoms with van der Waals surface area (Å²) in [4.78, 5) is 0. The van der Waals surface area contributed by atoms with Crippen molar-refractivity contribution >= 4 is 45.2 Å². The lowest BCUT2D eigenvalue weighted by atomic mass is 9.55. The average molecular weight is 586 g/mol. The fourth-order valence-corrected chi connectivity index (χ4v) is 8.29. The van der Waals surface area contributed by atoms with Crippen LogP contribution in [0.25, 0.3) is 0 Å². The van der Waals surface area contributed by atoms with Gasteiger partial charge in [0.15, 0.2) is 0 Å². The summed E-state index contributed by atoms with van der Waals surface area (Å²) in [6.45, 7) is 2.50. The maximum Gasteiger partial charge on any atom is 0.142 e. The second-order valence-electron chi connectivity index (χ2n) is 8.69. The molecule has 0 amide bonds. The maximum atomic E-state index is 10.4. The summed E-state index contributed by atoms with van der Waals surface area (Å²) in [5.74, 6) is 3.58. The number of hydrogen-bond donors (Lipinski definition) is 1. The summed E-state index contributed by atoms with van der Waals surface area (Å²) < 4.78 is 7.62. The molecule has 0 bridgehead atoms. The average Bonchev–Trinajstić information content (AvgIpc) is 2.98. The van der Waals surface area contributed by atoms with E-state index in [1.54, 1.807) is 7.11 Å². The first-order valence-electron chi connectivity index (χ1n) is 9.81. The molecule has 2 aromatic carbocycles. The normalized spacial score (nSPS) is 30.9. The molecule has 4 atom stereocenters. The van der Waals surface area contributed by atoms with E-state index < -0.39 is 0 Å². The number of hydrogen-bond acceptors (Lipinski definition) is 2. The van der Waals surface area contributed by atoms with Crippen LogP contribution in [0.4, 0.5) is 0 Å². The highest BCUT2D eigenvalue weighted by molar-refractivity contribution is 14.1. The van der Waals surface area contributed by atoms with E-state index in [1.165, 1.54) is 47.9 Å². The number of rotatable bonds is 1. The lowest BCUT2D eigenvalue weighted by molar-refractivity contribution is 0.105. The van der Waals surface area contributed by atoms with E-state index in [0.717, 1.165) is 31.1 Å². The molecule has 27 heavy (non-hydrogen) atoms. The van der Waals surface area contributed by atoms with E-state index in [2.05, 4.69) is 76.4 Å². The Morgan fingerprint density at radius 2 is 2.00 bits per heavy atom. The van der Waals surface area contributed by atoms with E-state index in [4.69, 9.17) is 4.74 Å². The zero-order valence-electron chi connectivity index (χ0n) is 15.7. The SMILES string of the molecule is COc1ccc2c(c1)[C@@]1(C)CC[C@@H]3c4cc(I)c(O)c(I)c4CC[C@H]3[C@@H]1C2. The Hall–Kier alpha value is -0.500. The predicted molar refractivity (Wildman–Crippen MR) is 125 cm³/mol. The highest BCUT2D eigenvalue weighted by atomic mass is 127. The topological polar surface area (TPSA) is 29.5 Å². The van der Waals surface area contributed by atoms with Crippen molar-refractivity contribution in [2.75, 3.05) is 7.11 Å². The summed E-state index contributed by atoms with van der Waals surface area (Å²) in [6, 6.07) is 9.00. The third kappa shape index (κ3) is 2.61. The molecule has 0 radical (unpaired) electrons. The molecule has 4 heteroatoms. The third-order valence-electron chi connectivity index (χ3n) is 7.66. The minimum Gasteiger partial charge on any atom is -0.506 e. The Balaban J connectivity index is 1.56. The summed E-state index contributed by atoms with van der Waals surface area (Å²) in [5.41, 5.74) is 6.28. The molecule has 3 aliphatic rings. The molecule has 1 N–H and O–H groups in total. The van der Waals surface area contributed by atoms with Crippen molar-refractivity contribution in [1.82, 2.24) is 0 Å². The first kappa shape index (κ1) is 18.5. The molecule has 0 aliphatic heterocycles. The summed E-state index contributed by atoms with van der Waals surface area (Å²) >= 11 is 4.64. The van der Waals surface area contributed by atoms with Gasteiger partial charge < -0.3 is 9.84 Å². The Morgan fingerprint density at radius 1 is 1.19 bits per heavy atom. The van der Waals surface area contributed by atoms with E-state index in [1.807, 2.05) is 0 Å². The van der Waals surface area contributed by atoms with Crippen molar-refractivity contribution in [1.29, 1.82) is 0 Å². The molecule has 1 fully saturated rings. The quantitative estimate of drug-likeness (QED) is 0.405. The number of benzene rings is 2. The zero-order valence-corrected chi connectivity index (χ0v) is 20.0. The number of ether oxygens (including phenoxy) is 1. The highest BCUT2D eigenvalue weighted by Gasteiger charge is 2.53. The smallest absolute Gasteiger partial charge is 0.142 e. The van der Waals surface area contributed by atoms with Gasteiger partial charge in [-0.05, 0) is 141 Å². The van der Waals surface area contributed by atoms with Crippen molar-refractivity contribution in [3.63, 3.8) is 0 Å². The lowest BCUT2D eigenvalue weighted by Gasteiger charge is -2.49. The van der Waals surface area contributed by atoms with Gasteiger partial charge in [-0.1, -0.05) is 13.0 Å². The van der Waals surface area contributed by atoms with Gasteiger partial charge >= 0.3 is 0 Å². The number of halogens is 2. The van der Waals surface area contributed by atoms with Crippen LogP contribution in [0, 0.1) is 19.0 Å². The van der Waals surface area contributed by atoms with Crippen LogP contribution >= 0.6 is 45.2 Å². The molecule has 0 saturated heterocycles. The fourth-order valence-electron chi connectivity index (χ4n) is 6.30. The molecule has 0 heterocycles. The second-order valence-corrected chi connectivity index (χ2v) is 10.9. The Labute approximate surface area is 188 Å². The predicted octanol–water partition coefficient (Wildman–Crippen LogP) is 6.18. The summed E-state index contributed by atoms with van der Waals surface area (Å²) in [5, 5.41) is 10.4. The van der Waals surface area contributed by atoms with Crippen molar-refractivity contribution in [3.05, 3.63) is 53.7 Å². The first-order chi connectivity index (χ1) is 12.9. The van der Waals surface area contributed by atoms with E-state index >= 15 is 0 Å². The van der Waals surface area contributed by atoms with Crippen molar-refractivity contribution in [3.8, 4) is 11.5 Å². The van der Waals surface area contributed by atoms with Gasteiger partial charge in [0.1, 0.15) is 11.5 Å². The van der Waals surface area contributed by atoms with Crippen LogP contribution in [-0.2, 0) is 18.3 Å².